The van der Waals surface area contributed by atoms with E-state index in [-0.39, 0.29) is 5.91 Å². The molecule has 7 heteroatoms. The van der Waals surface area contributed by atoms with Crippen LogP contribution in [0, 0.1) is 0 Å². The van der Waals surface area contributed by atoms with Gasteiger partial charge in [-0.15, -0.1) is 11.3 Å². The van der Waals surface area contributed by atoms with E-state index in [4.69, 9.17) is 10.5 Å². The molecule has 3 N–H and O–H groups in total. The lowest BCUT2D eigenvalue weighted by molar-refractivity contribution is 0.0959. The lowest BCUT2D eigenvalue weighted by Crippen LogP contribution is -2.29. The third-order valence-corrected chi connectivity index (χ3v) is 6.54. The van der Waals surface area contributed by atoms with Gasteiger partial charge in [-0.05, 0) is 56.4 Å². The van der Waals surface area contributed by atoms with Gasteiger partial charge in [0.15, 0.2) is 0 Å². The molecule has 3 heterocycles. The fraction of sp³-hybridized carbons (Fsp3) is 0.391. The Balaban J connectivity index is 1.35. The van der Waals surface area contributed by atoms with E-state index < -0.39 is 0 Å². The number of piperidine rings is 1. The second-order valence-electron chi connectivity index (χ2n) is 7.50. The predicted molar refractivity (Wildman–Crippen MR) is 124 cm³/mol. The van der Waals surface area contributed by atoms with Gasteiger partial charge in [0, 0.05) is 36.8 Å². The van der Waals surface area contributed by atoms with Crippen molar-refractivity contribution in [1.82, 2.24) is 10.3 Å². The number of nitrogen functional groups attached to an aromatic ring is 1. The molecular weight excluding hydrogens is 396 g/mol. The first-order valence-electron chi connectivity index (χ1n) is 10.6. The minimum atomic E-state index is -0.154. The molecule has 6 nitrogen and oxygen atoms in total. The standard InChI is InChI=1S/C23H28N4O2S/c1-2-29-19-11-10-18-20(24)21(30-23(18)26-19)22(28)25-13-12-16-6-8-17(9-7-16)27-14-4-3-5-15-27/h6-11H,2-5,12-15,24H2,1H3,(H,25,28). The number of nitrogens with two attached hydrogens (primary N) is 1. The molecule has 0 bridgehead atoms. The van der Waals surface area contributed by atoms with E-state index in [1.165, 1.54) is 41.9 Å². The summed E-state index contributed by atoms with van der Waals surface area (Å²) < 4.78 is 5.44. The number of ether oxygens (including phenoxy) is 1. The molecule has 4 rings (SSSR count). The minimum absolute atomic E-state index is 0.154. The summed E-state index contributed by atoms with van der Waals surface area (Å²) >= 11 is 1.30. The van der Waals surface area contributed by atoms with Crippen LogP contribution in [0.3, 0.4) is 0 Å². The quantitative estimate of drug-likeness (QED) is 0.593. The van der Waals surface area contributed by atoms with Gasteiger partial charge >= 0.3 is 0 Å². The summed E-state index contributed by atoms with van der Waals surface area (Å²) in [7, 11) is 0. The van der Waals surface area contributed by atoms with Crippen molar-refractivity contribution in [3.63, 3.8) is 0 Å². The molecular formula is C23H28N4O2S. The molecule has 30 heavy (non-hydrogen) atoms. The first-order valence-corrected chi connectivity index (χ1v) is 11.4. The first-order chi connectivity index (χ1) is 14.7. The summed E-state index contributed by atoms with van der Waals surface area (Å²) in [4.78, 5) is 20.8. The van der Waals surface area contributed by atoms with E-state index in [1.807, 2.05) is 13.0 Å². The lowest BCUT2D eigenvalue weighted by Gasteiger charge is -2.28. The SMILES string of the molecule is CCOc1ccc2c(N)c(C(=O)NCCc3ccc(N4CCCCC4)cc3)sc2n1. The highest BCUT2D eigenvalue weighted by Gasteiger charge is 2.17. The molecule has 0 unspecified atom stereocenters. The second kappa shape index (κ2) is 9.34. The van der Waals surface area contributed by atoms with Crippen molar-refractivity contribution in [3.05, 3.63) is 46.8 Å². The van der Waals surface area contributed by atoms with E-state index in [1.54, 1.807) is 6.07 Å². The number of fused-ring (bicyclic) bond motifs is 1. The molecule has 0 aliphatic carbocycles. The Kier molecular flexibility index (Phi) is 6.38. The highest BCUT2D eigenvalue weighted by atomic mass is 32.1. The fourth-order valence-corrected chi connectivity index (χ4v) is 4.81. The summed E-state index contributed by atoms with van der Waals surface area (Å²) in [5, 5.41) is 3.78. The normalized spacial score (nSPS) is 14.1. The van der Waals surface area contributed by atoms with Crippen molar-refractivity contribution in [2.45, 2.75) is 32.6 Å². The van der Waals surface area contributed by atoms with Gasteiger partial charge in [-0.2, -0.15) is 0 Å². The number of anilines is 2. The maximum absolute atomic E-state index is 12.7. The topological polar surface area (TPSA) is 80.5 Å². The third kappa shape index (κ3) is 4.51. The zero-order valence-electron chi connectivity index (χ0n) is 17.3. The average molecular weight is 425 g/mol. The van der Waals surface area contributed by atoms with Gasteiger partial charge in [0.05, 0.1) is 12.3 Å². The first kappa shape index (κ1) is 20.5. The van der Waals surface area contributed by atoms with Crippen LogP contribution >= 0.6 is 11.3 Å². The zero-order chi connectivity index (χ0) is 20.9. The molecule has 0 saturated carbocycles. The van der Waals surface area contributed by atoms with Crippen molar-refractivity contribution >= 4 is 38.8 Å². The van der Waals surface area contributed by atoms with Crippen LogP contribution in [0.1, 0.15) is 41.4 Å². The molecule has 0 spiro atoms. The Morgan fingerprint density at radius 1 is 1.17 bits per heavy atom. The number of amides is 1. The minimum Gasteiger partial charge on any atom is -0.478 e. The monoisotopic (exact) mass is 424 g/mol. The van der Waals surface area contributed by atoms with Crippen LogP contribution in [0.15, 0.2) is 36.4 Å². The molecule has 0 radical (unpaired) electrons. The highest BCUT2D eigenvalue weighted by Crippen LogP contribution is 2.33. The Labute approximate surface area is 181 Å². The molecule has 1 aliphatic heterocycles. The molecule has 1 aromatic carbocycles. The van der Waals surface area contributed by atoms with Crippen LogP contribution in [0.25, 0.3) is 10.2 Å². The number of thiophene rings is 1. The summed E-state index contributed by atoms with van der Waals surface area (Å²) in [5.41, 5.74) is 9.18. The van der Waals surface area contributed by atoms with Crippen molar-refractivity contribution in [1.29, 1.82) is 0 Å². The van der Waals surface area contributed by atoms with Crippen LogP contribution < -0.4 is 20.7 Å². The third-order valence-electron chi connectivity index (χ3n) is 5.42. The molecule has 1 fully saturated rings. The molecule has 1 amide bonds. The predicted octanol–water partition coefficient (Wildman–Crippen LogP) is 4.24. The van der Waals surface area contributed by atoms with Gasteiger partial charge < -0.3 is 20.7 Å². The summed E-state index contributed by atoms with van der Waals surface area (Å²) in [6.07, 6.45) is 4.67. The maximum atomic E-state index is 12.7. The molecule has 2 aromatic heterocycles. The van der Waals surface area contributed by atoms with E-state index in [2.05, 4.69) is 39.5 Å². The number of hydrogen-bond acceptors (Lipinski definition) is 6. The van der Waals surface area contributed by atoms with Gasteiger partial charge in [0.2, 0.25) is 5.88 Å². The number of aromatic nitrogens is 1. The van der Waals surface area contributed by atoms with Crippen LogP contribution in [0.4, 0.5) is 11.4 Å². The molecule has 158 valence electrons. The van der Waals surface area contributed by atoms with Crippen LogP contribution in [0.5, 0.6) is 5.88 Å². The van der Waals surface area contributed by atoms with Crippen molar-refractivity contribution in [2.75, 3.05) is 36.9 Å². The molecule has 0 atom stereocenters. The number of benzene rings is 1. The van der Waals surface area contributed by atoms with E-state index in [0.717, 1.165) is 29.7 Å². The number of carbonyl (C=O) groups excluding carboxylic acids is 1. The van der Waals surface area contributed by atoms with Gasteiger partial charge in [0.25, 0.3) is 5.91 Å². The summed E-state index contributed by atoms with van der Waals surface area (Å²) in [6, 6.07) is 12.3. The number of nitrogens with zero attached hydrogens (tertiary/aromatic N) is 2. The number of hydrogen-bond donors (Lipinski definition) is 2. The lowest BCUT2D eigenvalue weighted by atomic mass is 10.1. The summed E-state index contributed by atoms with van der Waals surface area (Å²) in [6.45, 7) is 5.31. The maximum Gasteiger partial charge on any atom is 0.263 e. The van der Waals surface area contributed by atoms with Crippen LogP contribution in [-0.2, 0) is 6.42 Å². The number of pyridine rings is 1. The Morgan fingerprint density at radius 3 is 2.67 bits per heavy atom. The van der Waals surface area contributed by atoms with E-state index in [0.29, 0.717) is 29.6 Å². The van der Waals surface area contributed by atoms with Crippen molar-refractivity contribution < 1.29 is 9.53 Å². The van der Waals surface area contributed by atoms with Gasteiger partial charge in [-0.1, -0.05) is 12.1 Å². The average Bonchev–Trinajstić information content (AvgIpc) is 3.11. The second-order valence-corrected chi connectivity index (χ2v) is 8.50. The van der Waals surface area contributed by atoms with Crippen LogP contribution in [0.2, 0.25) is 0 Å². The fourth-order valence-electron chi connectivity index (χ4n) is 3.80. The molecule has 1 saturated heterocycles. The van der Waals surface area contributed by atoms with E-state index in [9.17, 15) is 4.79 Å². The Bertz CT molecular complexity index is 1010. The Morgan fingerprint density at radius 2 is 1.93 bits per heavy atom. The summed E-state index contributed by atoms with van der Waals surface area (Å²) in [5.74, 6) is 0.393. The number of carbonyl (C=O) groups is 1. The van der Waals surface area contributed by atoms with Crippen molar-refractivity contribution in [3.8, 4) is 5.88 Å². The van der Waals surface area contributed by atoms with E-state index >= 15 is 0 Å². The zero-order valence-corrected chi connectivity index (χ0v) is 18.1. The van der Waals surface area contributed by atoms with Gasteiger partial charge in [0.1, 0.15) is 9.71 Å². The Hall–Kier alpha value is -2.80. The van der Waals surface area contributed by atoms with Crippen molar-refractivity contribution in [2.24, 2.45) is 0 Å². The smallest absolute Gasteiger partial charge is 0.263 e. The molecule has 1 aliphatic rings. The number of rotatable bonds is 7. The van der Waals surface area contributed by atoms with Crippen LogP contribution in [-0.4, -0.2) is 37.1 Å². The number of nitrogens with one attached hydrogen (secondary N) is 1. The largest absolute Gasteiger partial charge is 0.478 e. The van der Waals surface area contributed by atoms with Gasteiger partial charge in [-0.3, -0.25) is 4.79 Å². The molecule has 3 aromatic rings. The highest BCUT2D eigenvalue weighted by molar-refractivity contribution is 7.21. The van der Waals surface area contributed by atoms with Gasteiger partial charge in [-0.25, -0.2) is 4.98 Å².